The first-order valence-electron chi connectivity index (χ1n) is 6.71. The fraction of sp³-hybridized carbons (Fsp3) is 0.533. The van der Waals surface area contributed by atoms with Crippen LogP contribution in [0.15, 0.2) is 24.3 Å². The molecule has 1 aliphatic carbocycles. The zero-order valence-corrected chi connectivity index (χ0v) is 11.1. The van der Waals surface area contributed by atoms with E-state index >= 15 is 0 Å². The number of rotatable bonds is 3. The Labute approximate surface area is 109 Å². The van der Waals surface area contributed by atoms with Crippen molar-refractivity contribution in [3.63, 3.8) is 0 Å². The van der Waals surface area contributed by atoms with Gasteiger partial charge < -0.3 is 11.1 Å². The standard InChI is InChI=1S/C15H22N2O/c1-10-6-3-4-7-12(10)11(2)17-15(18)13-8-5-9-14(13)16/h3-4,6-7,11,13-14H,5,8-9,16H2,1-2H3,(H,17,18). The Balaban J connectivity index is 2.01. The van der Waals surface area contributed by atoms with Crippen molar-refractivity contribution in [2.24, 2.45) is 11.7 Å². The summed E-state index contributed by atoms with van der Waals surface area (Å²) in [5.41, 5.74) is 8.35. The molecule has 2 rings (SSSR count). The fourth-order valence-corrected chi connectivity index (χ4v) is 2.79. The van der Waals surface area contributed by atoms with Crippen LogP contribution in [0.1, 0.15) is 43.4 Å². The van der Waals surface area contributed by atoms with Gasteiger partial charge in [-0.05, 0) is 37.8 Å². The maximum atomic E-state index is 12.2. The van der Waals surface area contributed by atoms with Crippen LogP contribution in [-0.4, -0.2) is 11.9 Å². The number of nitrogens with one attached hydrogen (secondary N) is 1. The molecule has 1 saturated carbocycles. The molecule has 0 radical (unpaired) electrons. The third-order valence-corrected chi connectivity index (χ3v) is 3.92. The minimum atomic E-state index is -0.00327. The first-order chi connectivity index (χ1) is 8.59. The molecule has 0 bridgehead atoms. The molecule has 0 aliphatic heterocycles. The van der Waals surface area contributed by atoms with Gasteiger partial charge in [-0.3, -0.25) is 4.79 Å². The molecule has 1 aromatic rings. The van der Waals surface area contributed by atoms with Crippen molar-refractivity contribution < 1.29 is 4.79 Å². The SMILES string of the molecule is Cc1ccccc1C(C)NC(=O)C1CCCC1N. The van der Waals surface area contributed by atoms with Gasteiger partial charge in [0.1, 0.15) is 0 Å². The van der Waals surface area contributed by atoms with Crippen molar-refractivity contribution in [2.45, 2.75) is 45.2 Å². The average Bonchev–Trinajstić information content (AvgIpc) is 2.76. The van der Waals surface area contributed by atoms with E-state index in [-0.39, 0.29) is 23.9 Å². The summed E-state index contributed by atoms with van der Waals surface area (Å²) in [4.78, 5) is 12.2. The zero-order valence-electron chi connectivity index (χ0n) is 11.1. The summed E-state index contributed by atoms with van der Waals surface area (Å²) in [5.74, 6) is 0.104. The van der Waals surface area contributed by atoms with Crippen molar-refractivity contribution in [3.05, 3.63) is 35.4 Å². The molecule has 1 amide bonds. The normalized spacial score (nSPS) is 24.8. The van der Waals surface area contributed by atoms with Gasteiger partial charge in [-0.25, -0.2) is 0 Å². The Morgan fingerprint density at radius 2 is 2.11 bits per heavy atom. The summed E-state index contributed by atoms with van der Waals surface area (Å²) in [7, 11) is 0. The molecule has 0 heterocycles. The minimum Gasteiger partial charge on any atom is -0.349 e. The topological polar surface area (TPSA) is 55.1 Å². The molecule has 0 aromatic heterocycles. The number of nitrogens with two attached hydrogens (primary N) is 1. The van der Waals surface area contributed by atoms with E-state index in [1.807, 2.05) is 19.1 Å². The van der Waals surface area contributed by atoms with Gasteiger partial charge in [-0.1, -0.05) is 30.7 Å². The lowest BCUT2D eigenvalue weighted by Crippen LogP contribution is -2.39. The Morgan fingerprint density at radius 3 is 2.72 bits per heavy atom. The Kier molecular flexibility index (Phi) is 4.02. The van der Waals surface area contributed by atoms with Crippen LogP contribution in [0.4, 0.5) is 0 Å². The smallest absolute Gasteiger partial charge is 0.225 e. The predicted octanol–water partition coefficient (Wildman–Crippen LogP) is 2.30. The van der Waals surface area contributed by atoms with Crippen LogP contribution in [0, 0.1) is 12.8 Å². The van der Waals surface area contributed by atoms with Gasteiger partial charge in [0.25, 0.3) is 0 Å². The van der Waals surface area contributed by atoms with Crippen molar-refractivity contribution in [2.75, 3.05) is 0 Å². The van der Waals surface area contributed by atoms with Gasteiger partial charge in [-0.2, -0.15) is 0 Å². The second-order valence-corrected chi connectivity index (χ2v) is 5.29. The lowest BCUT2D eigenvalue weighted by atomic mass is 9.99. The van der Waals surface area contributed by atoms with Crippen LogP contribution in [0.25, 0.3) is 0 Å². The van der Waals surface area contributed by atoms with E-state index in [1.54, 1.807) is 0 Å². The molecular formula is C15H22N2O. The number of amides is 1. The molecule has 98 valence electrons. The molecule has 1 fully saturated rings. The molecule has 0 spiro atoms. The number of carbonyl (C=O) groups is 1. The van der Waals surface area contributed by atoms with Gasteiger partial charge >= 0.3 is 0 Å². The second-order valence-electron chi connectivity index (χ2n) is 5.29. The molecule has 3 N–H and O–H groups in total. The van der Waals surface area contributed by atoms with Crippen LogP contribution in [0.2, 0.25) is 0 Å². The van der Waals surface area contributed by atoms with E-state index in [0.29, 0.717) is 0 Å². The van der Waals surface area contributed by atoms with Crippen molar-refractivity contribution in [1.82, 2.24) is 5.32 Å². The highest BCUT2D eigenvalue weighted by Gasteiger charge is 2.30. The van der Waals surface area contributed by atoms with E-state index < -0.39 is 0 Å². The van der Waals surface area contributed by atoms with Crippen LogP contribution in [-0.2, 0) is 4.79 Å². The van der Waals surface area contributed by atoms with Crippen LogP contribution >= 0.6 is 0 Å². The maximum absolute atomic E-state index is 12.2. The van der Waals surface area contributed by atoms with Gasteiger partial charge in [0.2, 0.25) is 5.91 Å². The Morgan fingerprint density at radius 1 is 1.39 bits per heavy atom. The highest BCUT2D eigenvalue weighted by atomic mass is 16.2. The van der Waals surface area contributed by atoms with E-state index in [9.17, 15) is 4.79 Å². The van der Waals surface area contributed by atoms with Gasteiger partial charge in [-0.15, -0.1) is 0 Å². The highest BCUT2D eigenvalue weighted by Crippen LogP contribution is 2.25. The molecular weight excluding hydrogens is 224 g/mol. The Hall–Kier alpha value is -1.35. The number of hydrogen-bond donors (Lipinski definition) is 2. The largest absolute Gasteiger partial charge is 0.349 e. The predicted molar refractivity (Wildman–Crippen MR) is 73.1 cm³/mol. The van der Waals surface area contributed by atoms with E-state index in [1.165, 1.54) is 11.1 Å². The van der Waals surface area contributed by atoms with Gasteiger partial charge in [0.05, 0.1) is 12.0 Å². The molecule has 1 aromatic carbocycles. The van der Waals surface area contributed by atoms with E-state index in [4.69, 9.17) is 5.73 Å². The van der Waals surface area contributed by atoms with Crippen LogP contribution < -0.4 is 11.1 Å². The molecule has 3 nitrogen and oxygen atoms in total. The fourth-order valence-electron chi connectivity index (χ4n) is 2.79. The lowest BCUT2D eigenvalue weighted by molar-refractivity contribution is -0.125. The molecule has 18 heavy (non-hydrogen) atoms. The van der Waals surface area contributed by atoms with Gasteiger partial charge in [0, 0.05) is 6.04 Å². The number of carbonyl (C=O) groups excluding carboxylic acids is 1. The first kappa shape index (κ1) is 13.1. The summed E-state index contributed by atoms with van der Waals surface area (Å²) >= 11 is 0. The third kappa shape index (κ3) is 2.72. The van der Waals surface area contributed by atoms with Crippen molar-refractivity contribution in [3.8, 4) is 0 Å². The quantitative estimate of drug-likeness (QED) is 0.859. The number of aryl methyl sites for hydroxylation is 1. The number of benzene rings is 1. The van der Waals surface area contributed by atoms with Crippen molar-refractivity contribution >= 4 is 5.91 Å². The number of hydrogen-bond acceptors (Lipinski definition) is 2. The molecule has 1 aliphatic rings. The summed E-state index contributed by atoms with van der Waals surface area (Å²) in [6.07, 6.45) is 2.96. The summed E-state index contributed by atoms with van der Waals surface area (Å²) in [6.45, 7) is 4.10. The monoisotopic (exact) mass is 246 g/mol. The summed E-state index contributed by atoms with van der Waals surface area (Å²) < 4.78 is 0. The van der Waals surface area contributed by atoms with Crippen molar-refractivity contribution in [1.29, 1.82) is 0 Å². The third-order valence-electron chi connectivity index (χ3n) is 3.92. The average molecular weight is 246 g/mol. The minimum absolute atomic E-state index is 0.00327. The maximum Gasteiger partial charge on any atom is 0.225 e. The van der Waals surface area contributed by atoms with E-state index in [2.05, 4.69) is 24.4 Å². The molecule has 3 atom stereocenters. The summed E-state index contributed by atoms with van der Waals surface area (Å²) in [5, 5.41) is 3.09. The Bertz CT molecular complexity index is 430. The lowest BCUT2D eigenvalue weighted by Gasteiger charge is -2.21. The highest BCUT2D eigenvalue weighted by molar-refractivity contribution is 5.80. The first-order valence-corrected chi connectivity index (χ1v) is 6.71. The summed E-state index contributed by atoms with van der Waals surface area (Å²) in [6, 6.07) is 8.24. The van der Waals surface area contributed by atoms with E-state index in [0.717, 1.165) is 19.3 Å². The molecule has 0 saturated heterocycles. The zero-order chi connectivity index (χ0) is 13.1. The van der Waals surface area contributed by atoms with Crippen LogP contribution in [0.3, 0.4) is 0 Å². The van der Waals surface area contributed by atoms with Gasteiger partial charge in [0.15, 0.2) is 0 Å². The van der Waals surface area contributed by atoms with Crippen LogP contribution in [0.5, 0.6) is 0 Å². The molecule has 3 heteroatoms. The second kappa shape index (κ2) is 5.53. The molecule has 3 unspecified atom stereocenters.